The van der Waals surface area contributed by atoms with Gasteiger partial charge in [-0.3, -0.25) is 0 Å². The van der Waals surface area contributed by atoms with Gasteiger partial charge in [-0.25, -0.2) is 0 Å². The summed E-state index contributed by atoms with van der Waals surface area (Å²) in [5.41, 5.74) is 5.66. The summed E-state index contributed by atoms with van der Waals surface area (Å²) in [7, 11) is 0. The van der Waals surface area contributed by atoms with Crippen molar-refractivity contribution >= 4 is 11.3 Å². The molecule has 0 radical (unpaired) electrons. The lowest BCUT2D eigenvalue weighted by molar-refractivity contribution is 0.330. The summed E-state index contributed by atoms with van der Waals surface area (Å²) >= 11 is 1.86. The van der Waals surface area contributed by atoms with Crippen molar-refractivity contribution in [3.8, 4) is 0 Å². The Morgan fingerprint density at radius 1 is 1.57 bits per heavy atom. The van der Waals surface area contributed by atoms with E-state index in [0.717, 1.165) is 12.5 Å². The van der Waals surface area contributed by atoms with Gasteiger partial charge < -0.3 is 10.6 Å². The highest BCUT2D eigenvalue weighted by Crippen LogP contribution is 2.16. The van der Waals surface area contributed by atoms with Crippen LogP contribution in [0.25, 0.3) is 0 Å². The second kappa shape index (κ2) is 4.91. The predicted octanol–water partition coefficient (Wildman–Crippen LogP) is 1.57. The average molecular weight is 210 g/mol. The van der Waals surface area contributed by atoms with Gasteiger partial charge in [-0.05, 0) is 43.3 Å². The molecule has 1 saturated heterocycles. The SMILES string of the molecule is NCC1CCN(CCc2cccs2)C1. The van der Waals surface area contributed by atoms with Crippen LogP contribution in [0.1, 0.15) is 11.3 Å². The van der Waals surface area contributed by atoms with Crippen molar-refractivity contribution in [1.82, 2.24) is 4.90 Å². The fourth-order valence-corrected chi connectivity index (χ4v) is 2.73. The van der Waals surface area contributed by atoms with E-state index in [2.05, 4.69) is 22.4 Å². The summed E-state index contributed by atoms with van der Waals surface area (Å²) in [4.78, 5) is 4.04. The molecule has 78 valence electrons. The molecule has 14 heavy (non-hydrogen) atoms. The van der Waals surface area contributed by atoms with Crippen LogP contribution in [0.2, 0.25) is 0 Å². The first-order chi connectivity index (χ1) is 6.88. The van der Waals surface area contributed by atoms with Crippen LogP contribution >= 0.6 is 11.3 Å². The fourth-order valence-electron chi connectivity index (χ4n) is 2.03. The van der Waals surface area contributed by atoms with Gasteiger partial charge in [0.05, 0.1) is 0 Å². The Hall–Kier alpha value is -0.380. The van der Waals surface area contributed by atoms with Crippen molar-refractivity contribution in [2.45, 2.75) is 12.8 Å². The lowest BCUT2D eigenvalue weighted by atomic mass is 10.1. The molecule has 0 amide bonds. The number of rotatable bonds is 4. The smallest absolute Gasteiger partial charge is 0.00579 e. The highest BCUT2D eigenvalue weighted by Gasteiger charge is 2.20. The normalized spacial score (nSPS) is 23.1. The molecule has 0 saturated carbocycles. The summed E-state index contributed by atoms with van der Waals surface area (Å²) in [6.07, 6.45) is 2.50. The van der Waals surface area contributed by atoms with Crippen LogP contribution in [-0.4, -0.2) is 31.1 Å². The molecule has 2 heterocycles. The molecule has 1 aliphatic heterocycles. The van der Waals surface area contributed by atoms with E-state index in [4.69, 9.17) is 5.73 Å². The van der Waals surface area contributed by atoms with Gasteiger partial charge in [0.25, 0.3) is 0 Å². The topological polar surface area (TPSA) is 29.3 Å². The number of hydrogen-bond donors (Lipinski definition) is 1. The Bertz CT molecular complexity index is 258. The van der Waals surface area contributed by atoms with Crippen molar-refractivity contribution in [2.24, 2.45) is 11.7 Å². The minimum atomic E-state index is 0.748. The number of hydrogen-bond acceptors (Lipinski definition) is 3. The van der Waals surface area contributed by atoms with Crippen molar-refractivity contribution in [3.05, 3.63) is 22.4 Å². The van der Waals surface area contributed by atoms with Gasteiger partial charge in [0.15, 0.2) is 0 Å². The maximum atomic E-state index is 5.66. The minimum absolute atomic E-state index is 0.748. The maximum absolute atomic E-state index is 5.66. The van der Waals surface area contributed by atoms with Crippen molar-refractivity contribution in [2.75, 3.05) is 26.2 Å². The molecule has 2 rings (SSSR count). The molecule has 0 spiro atoms. The van der Waals surface area contributed by atoms with Crippen molar-refractivity contribution in [3.63, 3.8) is 0 Å². The van der Waals surface area contributed by atoms with Crippen LogP contribution in [0.4, 0.5) is 0 Å². The standard InChI is InChI=1S/C11H18N2S/c12-8-10-3-5-13(9-10)6-4-11-2-1-7-14-11/h1-2,7,10H,3-6,8-9,12H2. The third-order valence-electron chi connectivity index (χ3n) is 2.96. The monoisotopic (exact) mass is 210 g/mol. The fraction of sp³-hybridized carbons (Fsp3) is 0.636. The Kier molecular flexibility index (Phi) is 3.56. The molecule has 1 unspecified atom stereocenters. The Morgan fingerprint density at radius 3 is 3.14 bits per heavy atom. The van der Waals surface area contributed by atoms with Gasteiger partial charge >= 0.3 is 0 Å². The van der Waals surface area contributed by atoms with E-state index in [1.54, 1.807) is 0 Å². The molecule has 1 aromatic heterocycles. The molecule has 1 aliphatic rings. The molecular weight excluding hydrogens is 192 g/mol. The average Bonchev–Trinajstić information content (AvgIpc) is 2.86. The first-order valence-corrected chi connectivity index (χ1v) is 6.21. The predicted molar refractivity (Wildman–Crippen MR) is 61.6 cm³/mol. The van der Waals surface area contributed by atoms with E-state index in [1.165, 1.54) is 37.4 Å². The molecule has 1 atom stereocenters. The third-order valence-corrected chi connectivity index (χ3v) is 3.89. The van der Waals surface area contributed by atoms with Gasteiger partial charge in [-0.15, -0.1) is 11.3 Å². The number of nitrogens with zero attached hydrogens (tertiary/aromatic N) is 1. The van der Waals surface area contributed by atoms with Gasteiger partial charge in [-0.2, -0.15) is 0 Å². The van der Waals surface area contributed by atoms with E-state index in [9.17, 15) is 0 Å². The molecule has 1 fully saturated rings. The van der Waals surface area contributed by atoms with Crippen LogP contribution < -0.4 is 5.73 Å². The Labute approximate surface area is 89.7 Å². The van der Waals surface area contributed by atoms with Crippen LogP contribution in [0.3, 0.4) is 0 Å². The summed E-state index contributed by atoms with van der Waals surface area (Å²) in [6, 6.07) is 4.35. The zero-order valence-corrected chi connectivity index (χ0v) is 9.30. The molecule has 0 bridgehead atoms. The Balaban J connectivity index is 1.72. The van der Waals surface area contributed by atoms with Crippen LogP contribution in [0.5, 0.6) is 0 Å². The van der Waals surface area contributed by atoms with E-state index >= 15 is 0 Å². The van der Waals surface area contributed by atoms with Crippen molar-refractivity contribution in [1.29, 1.82) is 0 Å². The number of likely N-dealkylation sites (tertiary alicyclic amines) is 1. The summed E-state index contributed by atoms with van der Waals surface area (Å²) in [5, 5.41) is 2.15. The quantitative estimate of drug-likeness (QED) is 0.817. The van der Waals surface area contributed by atoms with Crippen LogP contribution in [0, 0.1) is 5.92 Å². The first kappa shape index (κ1) is 10.1. The molecule has 2 nitrogen and oxygen atoms in total. The highest BCUT2D eigenvalue weighted by molar-refractivity contribution is 7.09. The molecule has 3 heteroatoms. The zero-order chi connectivity index (χ0) is 9.80. The maximum Gasteiger partial charge on any atom is 0.00579 e. The lowest BCUT2D eigenvalue weighted by Gasteiger charge is -2.14. The van der Waals surface area contributed by atoms with Crippen LogP contribution in [0.15, 0.2) is 17.5 Å². The first-order valence-electron chi connectivity index (χ1n) is 5.33. The molecule has 0 aromatic carbocycles. The van der Waals surface area contributed by atoms with Gasteiger partial charge in [0.1, 0.15) is 0 Å². The van der Waals surface area contributed by atoms with E-state index in [0.29, 0.717) is 0 Å². The Morgan fingerprint density at radius 2 is 2.50 bits per heavy atom. The minimum Gasteiger partial charge on any atom is -0.330 e. The lowest BCUT2D eigenvalue weighted by Crippen LogP contribution is -2.25. The molecule has 2 N–H and O–H groups in total. The number of nitrogens with two attached hydrogens (primary N) is 1. The molecule has 0 aliphatic carbocycles. The highest BCUT2D eigenvalue weighted by atomic mass is 32.1. The summed E-state index contributed by atoms with van der Waals surface area (Å²) < 4.78 is 0. The summed E-state index contributed by atoms with van der Waals surface area (Å²) in [6.45, 7) is 4.52. The molecule has 1 aromatic rings. The summed E-state index contributed by atoms with van der Waals surface area (Å²) in [5.74, 6) is 0.748. The molecular formula is C11H18N2S. The van der Waals surface area contributed by atoms with E-state index < -0.39 is 0 Å². The third kappa shape index (κ3) is 2.56. The second-order valence-electron chi connectivity index (χ2n) is 4.02. The zero-order valence-electron chi connectivity index (χ0n) is 8.48. The van der Waals surface area contributed by atoms with Gasteiger partial charge in [0.2, 0.25) is 0 Å². The second-order valence-corrected chi connectivity index (χ2v) is 5.05. The van der Waals surface area contributed by atoms with Crippen molar-refractivity contribution < 1.29 is 0 Å². The van der Waals surface area contributed by atoms with Crippen LogP contribution in [-0.2, 0) is 6.42 Å². The number of thiophene rings is 1. The van der Waals surface area contributed by atoms with E-state index in [-0.39, 0.29) is 0 Å². The van der Waals surface area contributed by atoms with E-state index in [1.807, 2.05) is 11.3 Å². The van der Waals surface area contributed by atoms with Gasteiger partial charge in [0, 0.05) is 18.0 Å². The van der Waals surface area contributed by atoms with Gasteiger partial charge in [-0.1, -0.05) is 6.07 Å². The largest absolute Gasteiger partial charge is 0.330 e.